The predicted octanol–water partition coefficient (Wildman–Crippen LogP) is 2.66. The highest BCUT2D eigenvalue weighted by molar-refractivity contribution is 9.10. The van der Waals surface area contributed by atoms with Gasteiger partial charge in [0.25, 0.3) is 0 Å². The van der Waals surface area contributed by atoms with Crippen LogP contribution in [0.2, 0.25) is 0 Å². The van der Waals surface area contributed by atoms with E-state index in [-0.39, 0.29) is 0 Å². The van der Waals surface area contributed by atoms with Crippen molar-refractivity contribution in [1.82, 2.24) is 15.2 Å². The summed E-state index contributed by atoms with van der Waals surface area (Å²) in [5, 5.41) is 3.52. The van der Waals surface area contributed by atoms with Gasteiger partial charge in [-0.15, -0.1) is 0 Å². The molecule has 3 nitrogen and oxygen atoms in total. The third-order valence-electron chi connectivity index (χ3n) is 3.56. The van der Waals surface area contributed by atoms with Crippen LogP contribution >= 0.6 is 15.9 Å². The summed E-state index contributed by atoms with van der Waals surface area (Å²) in [5.41, 5.74) is 1.10. The average Bonchev–Trinajstić information content (AvgIpc) is 2.78. The Morgan fingerprint density at radius 2 is 2.33 bits per heavy atom. The number of likely N-dealkylation sites (tertiary alicyclic amines) is 1. The van der Waals surface area contributed by atoms with Gasteiger partial charge in [0.15, 0.2) is 0 Å². The lowest BCUT2D eigenvalue weighted by molar-refractivity contribution is 0.264. The molecule has 0 aliphatic carbocycles. The van der Waals surface area contributed by atoms with Crippen LogP contribution in [0.15, 0.2) is 22.8 Å². The van der Waals surface area contributed by atoms with Gasteiger partial charge in [-0.05, 0) is 67.3 Å². The van der Waals surface area contributed by atoms with Crippen LogP contribution in [0.25, 0.3) is 0 Å². The molecule has 1 N–H and O–H groups in total. The van der Waals surface area contributed by atoms with E-state index < -0.39 is 0 Å². The maximum Gasteiger partial charge on any atom is 0.106 e. The van der Waals surface area contributed by atoms with Gasteiger partial charge in [-0.3, -0.25) is 0 Å². The Kier molecular flexibility index (Phi) is 5.15. The minimum atomic E-state index is 0.682. The smallest absolute Gasteiger partial charge is 0.106 e. The number of pyridine rings is 1. The molecule has 4 heteroatoms. The van der Waals surface area contributed by atoms with Gasteiger partial charge >= 0.3 is 0 Å². The van der Waals surface area contributed by atoms with E-state index in [1.54, 1.807) is 0 Å². The largest absolute Gasteiger partial charge is 0.311 e. The summed E-state index contributed by atoms with van der Waals surface area (Å²) >= 11 is 3.40. The number of aromatic nitrogens is 1. The molecule has 100 valence electrons. The summed E-state index contributed by atoms with van der Waals surface area (Å²) in [6.07, 6.45) is 1.32. The van der Waals surface area contributed by atoms with Gasteiger partial charge in [-0.1, -0.05) is 6.07 Å². The number of halogens is 1. The molecule has 1 fully saturated rings. The first kappa shape index (κ1) is 14.0. The van der Waals surface area contributed by atoms with Crippen LogP contribution in [0, 0.1) is 5.92 Å². The first-order valence-electron chi connectivity index (χ1n) is 6.71. The molecule has 1 atom stereocenters. The topological polar surface area (TPSA) is 28.2 Å². The van der Waals surface area contributed by atoms with Crippen molar-refractivity contribution in [3.63, 3.8) is 0 Å². The summed E-state index contributed by atoms with van der Waals surface area (Å²) in [5.74, 6) is 0.791. The van der Waals surface area contributed by atoms with Crippen molar-refractivity contribution in [2.75, 3.05) is 19.6 Å². The second-order valence-electron chi connectivity index (χ2n) is 5.33. The van der Waals surface area contributed by atoms with E-state index in [0.29, 0.717) is 6.04 Å². The van der Waals surface area contributed by atoms with Crippen molar-refractivity contribution in [2.24, 2.45) is 5.92 Å². The highest BCUT2D eigenvalue weighted by Crippen LogP contribution is 2.17. The summed E-state index contributed by atoms with van der Waals surface area (Å²) in [7, 11) is 0. The Morgan fingerprint density at radius 3 is 3.00 bits per heavy atom. The van der Waals surface area contributed by atoms with Gasteiger partial charge in [-0.25, -0.2) is 4.98 Å². The van der Waals surface area contributed by atoms with Crippen LogP contribution < -0.4 is 5.32 Å². The van der Waals surface area contributed by atoms with E-state index in [2.05, 4.69) is 51.0 Å². The zero-order chi connectivity index (χ0) is 13.0. The molecule has 2 rings (SSSR count). The molecule has 0 aromatic carbocycles. The van der Waals surface area contributed by atoms with Crippen LogP contribution in [0.5, 0.6) is 0 Å². The standard InChI is InChI=1S/C14H22BrN3/c1-11(2)18-7-6-12(10-18)8-16-9-13-4-3-5-14(15)17-13/h3-5,11-12,16H,6-10H2,1-2H3. The van der Waals surface area contributed by atoms with Crippen molar-refractivity contribution in [3.05, 3.63) is 28.5 Å². The average molecular weight is 312 g/mol. The number of nitrogens with one attached hydrogen (secondary N) is 1. The van der Waals surface area contributed by atoms with E-state index in [4.69, 9.17) is 0 Å². The lowest BCUT2D eigenvalue weighted by atomic mass is 10.1. The van der Waals surface area contributed by atoms with Crippen LogP contribution in [0.4, 0.5) is 0 Å². The van der Waals surface area contributed by atoms with Gasteiger partial charge in [0.2, 0.25) is 0 Å². The molecule has 0 amide bonds. The summed E-state index contributed by atoms with van der Waals surface area (Å²) in [4.78, 5) is 6.98. The third kappa shape index (κ3) is 4.04. The quantitative estimate of drug-likeness (QED) is 0.847. The Labute approximate surface area is 118 Å². The lowest BCUT2D eigenvalue weighted by Crippen LogP contribution is -2.30. The lowest BCUT2D eigenvalue weighted by Gasteiger charge is -2.20. The zero-order valence-electron chi connectivity index (χ0n) is 11.2. The number of nitrogens with zero attached hydrogens (tertiary/aromatic N) is 2. The number of hydrogen-bond acceptors (Lipinski definition) is 3. The van der Waals surface area contributed by atoms with Crippen LogP contribution in [-0.4, -0.2) is 35.6 Å². The monoisotopic (exact) mass is 311 g/mol. The molecular weight excluding hydrogens is 290 g/mol. The van der Waals surface area contributed by atoms with Gasteiger partial charge in [0.05, 0.1) is 5.69 Å². The third-order valence-corrected chi connectivity index (χ3v) is 4.00. The van der Waals surface area contributed by atoms with Gasteiger partial charge in [-0.2, -0.15) is 0 Å². The summed E-state index contributed by atoms with van der Waals surface area (Å²) in [6, 6.07) is 6.74. The van der Waals surface area contributed by atoms with Crippen LogP contribution in [-0.2, 0) is 6.54 Å². The molecule has 0 bridgehead atoms. The molecule has 18 heavy (non-hydrogen) atoms. The summed E-state index contributed by atoms with van der Waals surface area (Å²) < 4.78 is 0.911. The Balaban J connectivity index is 1.70. The predicted molar refractivity (Wildman–Crippen MR) is 78.5 cm³/mol. The van der Waals surface area contributed by atoms with Crippen molar-refractivity contribution in [2.45, 2.75) is 32.9 Å². The highest BCUT2D eigenvalue weighted by atomic mass is 79.9. The maximum absolute atomic E-state index is 4.42. The van der Waals surface area contributed by atoms with E-state index in [0.717, 1.165) is 29.3 Å². The van der Waals surface area contributed by atoms with Gasteiger partial charge < -0.3 is 10.2 Å². The van der Waals surface area contributed by atoms with Gasteiger partial charge in [0, 0.05) is 19.1 Å². The highest BCUT2D eigenvalue weighted by Gasteiger charge is 2.23. The van der Waals surface area contributed by atoms with Crippen molar-refractivity contribution >= 4 is 15.9 Å². The molecule has 2 heterocycles. The molecule has 1 unspecified atom stereocenters. The van der Waals surface area contributed by atoms with Crippen LogP contribution in [0.3, 0.4) is 0 Å². The molecular formula is C14H22BrN3. The zero-order valence-corrected chi connectivity index (χ0v) is 12.8. The molecule has 0 radical (unpaired) electrons. The summed E-state index contributed by atoms with van der Waals surface area (Å²) in [6.45, 7) is 8.99. The number of rotatable bonds is 5. The Bertz CT molecular complexity index is 381. The van der Waals surface area contributed by atoms with E-state index in [1.807, 2.05) is 12.1 Å². The second kappa shape index (κ2) is 6.64. The van der Waals surface area contributed by atoms with E-state index >= 15 is 0 Å². The normalized spacial score (nSPS) is 20.8. The molecule has 1 aromatic rings. The maximum atomic E-state index is 4.42. The fourth-order valence-corrected chi connectivity index (χ4v) is 2.83. The second-order valence-corrected chi connectivity index (χ2v) is 6.14. The van der Waals surface area contributed by atoms with Crippen molar-refractivity contribution < 1.29 is 0 Å². The minimum absolute atomic E-state index is 0.682. The van der Waals surface area contributed by atoms with Crippen molar-refractivity contribution in [3.8, 4) is 0 Å². The van der Waals surface area contributed by atoms with Gasteiger partial charge in [0.1, 0.15) is 4.60 Å². The minimum Gasteiger partial charge on any atom is -0.311 e. The Hall–Kier alpha value is -0.450. The molecule has 1 aromatic heterocycles. The van der Waals surface area contributed by atoms with E-state index in [9.17, 15) is 0 Å². The SMILES string of the molecule is CC(C)N1CCC(CNCc2cccc(Br)n2)C1. The van der Waals surface area contributed by atoms with E-state index in [1.165, 1.54) is 19.5 Å². The molecule has 1 saturated heterocycles. The number of hydrogen-bond donors (Lipinski definition) is 1. The fraction of sp³-hybridized carbons (Fsp3) is 0.643. The first-order valence-corrected chi connectivity index (χ1v) is 7.50. The molecule has 1 aliphatic heterocycles. The Morgan fingerprint density at radius 1 is 1.50 bits per heavy atom. The molecule has 0 saturated carbocycles. The molecule has 1 aliphatic rings. The molecule has 0 spiro atoms. The first-order chi connectivity index (χ1) is 8.65. The van der Waals surface area contributed by atoms with Crippen molar-refractivity contribution in [1.29, 1.82) is 0 Å². The van der Waals surface area contributed by atoms with Crippen LogP contribution in [0.1, 0.15) is 26.0 Å². The fourth-order valence-electron chi connectivity index (χ4n) is 2.45.